The zero-order valence-corrected chi connectivity index (χ0v) is 17.5. The molecule has 4 aliphatic rings. The lowest BCUT2D eigenvalue weighted by atomic mass is 9.53. The minimum absolute atomic E-state index is 0.0969. The van der Waals surface area contributed by atoms with Gasteiger partial charge < -0.3 is 10.1 Å². The lowest BCUT2D eigenvalue weighted by Crippen LogP contribution is -2.52. The number of carbonyl (C=O) groups is 1. The number of amides is 1. The van der Waals surface area contributed by atoms with Crippen LogP contribution in [0.25, 0.3) is 0 Å². The Morgan fingerprint density at radius 2 is 1.72 bits per heavy atom. The molecule has 4 saturated carbocycles. The summed E-state index contributed by atoms with van der Waals surface area (Å²) < 4.78 is 6.72. The van der Waals surface area contributed by atoms with Gasteiger partial charge in [-0.1, -0.05) is 0 Å². The maximum absolute atomic E-state index is 13.0. The minimum Gasteiger partial charge on any atom is -0.496 e. The van der Waals surface area contributed by atoms with Crippen molar-refractivity contribution in [3.63, 3.8) is 0 Å². The van der Waals surface area contributed by atoms with E-state index in [2.05, 4.69) is 10.4 Å². The Morgan fingerprint density at radius 3 is 2.25 bits per heavy atom. The summed E-state index contributed by atoms with van der Waals surface area (Å²) in [4.78, 5) is 34.6. The Kier molecular flexibility index (Phi) is 4.64. The first-order valence-corrected chi connectivity index (χ1v) is 10.7. The molecule has 0 saturated heterocycles. The maximum Gasteiger partial charge on any atom is 0.320 e. The van der Waals surface area contributed by atoms with Crippen LogP contribution < -0.4 is 10.1 Å². The molecule has 11 heteroatoms. The molecule has 4 aliphatic carbocycles. The lowest BCUT2D eigenvalue weighted by Gasteiger charge is -2.56. The highest BCUT2D eigenvalue weighted by Crippen LogP contribution is 2.58. The van der Waals surface area contributed by atoms with Crippen LogP contribution in [0, 0.1) is 38.0 Å². The van der Waals surface area contributed by atoms with Gasteiger partial charge in [-0.2, -0.15) is 5.10 Å². The predicted octanol–water partition coefficient (Wildman–Crippen LogP) is 3.89. The average molecular weight is 441 g/mol. The molecule has 0 spiro atoms. The van der Waals surface area contributed by atoms with Crippen LogP contribution in [0.15, 0.2) is 24.4 Å². The summed E-state index contributed by atoms with van der Waals surface area (Å²) in [5.41, 5.74) is -1.10. The van der Waals surface area contributed by atoms with Crippen molar-refractivity contribution in [2.45, 2.75) is 44.1 Å². The van der Waals surface area contributed by atoms with E-state index in [0.29, 0.717) is 17.8 Å². The second-order valence-corrected chi connectivity index (χ2v) is 9.34. The van der Waals surface area contributed by atoms with Crippen molar-refractivity contribution in [1.29, 1.82) is 0 Å². The number of hydrogen-bond donors (Lipinski definition) is 1. The van der Waals surface area contributed by atoms with Crippen molar-refractivity contribution in [2.75, 3.05) is 12.4 Å². The number of methoxy groups -OCH3 is 1. The standard InChI is InChI=1S/C21H23N5O6/c1-32-17-6-15(5-16(7-17)25(28)29)22-20(27)19-18(26(30)31)11-24(23-19)21-8-12-2-13(9-21)4-14(3-12)10-21/h5-7,11-14H,2-4,8-10H2,1H3,(H,22,27). The SMILES string of the molecule is COc1cc(NC(=O)c2nn(C34CC5CC(CC(C5)C3)C4)cc2[N+](=O)[O-])cc([N+](=O)[O-])c1. The highest BCUT2D eigenvalue weighted by atomic mass is 16.6. The first-order valence-electron chi connectivity index (χ1n) is 10.7. The quantitative estimate of drug-likeness (QED) is 0.529. The van der Waals surface area contributed by atoms with E-state index in [1.165, 1.54) is 50.8 Å². The fraction of sp³-hybridized carbons (Fsp3) is 0.524. The third-order valence-electron chi connectivity index (χ3n) is 7.19. The Bertz CT molecular complexity index is 1090. The molecule has 0 unspecified atom stereocenters. The van der Waals surface area contributed by atoms with E-state index in [9.17, 15) is 25.0 Å². The molecule has 4 bridgehead atoms. The van der Waals surface area contributed by atoms with E-state index < -0.39 is 15.8 Å². The Hall–Kier alpha value is -3.50. The van der Waals surface area contributed by atoms with Crippen LogP contribution in [-0.2, 0) is 5.54 Å². The summed E-state index contributed by atoms with van der Waals surface area (Å²) in [6, 6.07) is 3.80. The number of nitrogens with one attached hydrogen (secondary N) is 1. The lowest BCUT2D eigenvalue weighted by molar-refractivity contribution is -0.385. The topological polar surface area (TPSA) is 142 Å². The van der Waals surface area contributed by atoms with E-state index in [0.717, 1.165) is 19.3 Å². The summed E-state index contributed by atoms with van der Waals surface area (Å²) in [6.45, 7) is 0. The van der Waals surface area contributed by atoms with E-state index in [-0.39, 0.29) is 34.0 Å². The molecule has 0 aliphatic heterocycles. The number of carbonyl (C=O) groups excluding carboxylic acids is 1. The zero-order valence-electron chi connectivity index (χ0n) is 17.5. The molecule has 0 radical (unpaired) electrons. The van der Waals surface area contributed by atoms with Gasteiger partial charge in [-0.15, -0.1) is 0 Å². The number of aromatic nitrogens is 2. The summed E-state index contributed by atoms with van der Waals surface area (Å²) >= 11 is 0. The second kappa shape index (κ2) is 7.28. The summed E-state index contributed by atoms with van der Waals surface area (Å²) in [6.07, 6.45) is 7.82. The smallest absolute Gasteiger partial charge is 0.320 e. The molecular weight excluding hydrogens is 418 g/mol. The first-order chi connectivity index (χ1) is 15.3. The van der Waals surface area contributed by atoms with Crippen LogP contribution in [0.3, 0.4) is 0 Å². The summed E-state index contributed by atoms with van der Waals surface area (Å²) in [7, 11) is 1.35. The van der Waals surface area contributed by atoms with Gasteiger partial charge in [0.1, 0.15) is 11.9 Å². The number of rotatable bonds is 6. The van der Waals surface area contributed by atoms with Gasteiger partial charge in [0.15, 0.2) is 0 Å². The second-order valence-electron chi connectivity index (χ2n) is 9.34. The molecule has 1 aromatic heterocycles. The third-order valence-corrected chi connectivity index (χ3v) is 7.19. The normalized spacial score (nSPS) is 27.8. The number of hydrogen-bond acceptors (Lipinski definition) is 7. The molecule has 1 amide bonds. The van der Waals surface area contributed by atoms with Gasteiger partial charge in [0.25, 0.3) is 11.6 Å². The summed E-state index contributed by atoms with van der Waals surface area (Å²) in [5, 5.41) is 29.8. The monoisotopic (exact) mass is 441 g/mol. The van der Waals surface area contributed by atoms with E-state index >= 15 is 0 Å². The third kappa shape index (κ3) is 3.37. The van der Waals surface area contributed by atoms with Crippen LogP contribution in [-0.4, -0.2) is 32.6 Å². The average Bonchev–Trinajstić information content (AvgIpc) is 3.19. The van der Waals surface area contributed by atoms with Gasteiger partial charge in [0.2, 0.25) is 5.69 Å². The first kappa shape index (κ1) is 20.4. The number of nitro benzene ring substituents is 1. The van der Waals surface area contributed by atoms with Crippen molar-refractivity contribution in [1.82, 2.24) is 9.78 Å². The molecule has 1 N–H and O–H groups in total. The maximum atomic E-state index is 13.0. The number of benzene rings is 1. The fourth-order valence-corrected chi connectivity index (χ4v) is 6.32. The number of non-ortho nitro benzene ring substituents is 1. The van der Waals surface area contributed by atoms with Gasteiger partial charge in [-0.25, -0.2) is 0 Å². The molecule has 168 valence electrons. The van der Waals surface area contributed by atoms with Gasteiger partial charge in [0.05, 0.1) is 34.2 Å². The largest absolute Gasteiger partial charge is 0.496 e. The number of ether oxygens (including phenoxy) is 1. The Morgan fingerprint density at radius 1 is 1.09 bits per heavy atom. The molecule has 6 rings (SSSR count). The molecule has 1 aromatic carbocycles. The van der Waals surface area contributed by atoms with Gasteiger partial charge in [-0.3, -0.25) is 29.7 Å². The van der Waals surface area contributed by atoms with Crippen molar-refractivity contribution < 1.29 is 19.4 Å². The van der Waals surface area contributed by atoms with Gasteiger partial charge in [-0.05, 0) is 56.3 Å². The fourth-order valence-electron chi connectivity index (χ4n) is 6.32. The molecule has 4 fully saturated rings. The van der Waals surface area contributed by atoms with Crippen LogP contribution in [0.5, 0.6) is 5.75 Å². The van der Waals surface area contributed by atoms with Crippen molar-refractivity contribution in [3.05, 3.63) is 50.3 Å². The highest BCUT2D eigenvalue weighted by molar-refractivity contribution is 6.05. The minimum atomic E-state index is -0.789. The Balaban J connectivity index is 1.47. The van der Waals surface area contributed by atoms with Crippen LogP contribution >= 0.6 is 0 Å². The number of nitro groups is 2. The molecular formula is C21H23N5O6. The van der Waals surface area contributed by atoms with Crippen LogP contribution in [0.2, 0.25) is 0 Å². The van der Waals surface area contributed by atoms with E-state index in [4.69, 9.17) is 4.74 Å². The number of anilines is 1. The molecule has 11 nitrogen and oxygen atoms in total. The van der Waals surface area contributed by atoms with Crippen molar-refractivity contribution in [3.8, 4) is 5.75 Å². The van der Waals surface area contributed by atoms with Crippen LogP contribution in [0.1, 0.15) is 49.0 Å². The number of nitrogens with zero attached hydrogens (tertiary/aromatic N) is 4. The van der Waals surface area contributed by atoms with E-state index in [1.54, 1.807) is 4.68 Å². The molecule has 0 atom stereocenters. The zero-order chi connectivity index (χ0) is 22.6. The van der Waals surface area contributed by atoms with Crippen molar-refractivity contribution >= 4 is 23.0 Å². The molecule has 32 heavy (non-hydrogen) atoms. The van der Waals surface area contributed by atoms with Crippen molar-refractivity contribution in [2.24, 2.45) is 17.8 Å². The van der Waals surface area contributed by atoms with Gasteiger partial charge in [0, 0.05) is 12.1 Å². The predicted molar refractivity (Wildman–Crippen MR) is 113 cm³/mol. The Labute approximate surface area is 183 Å². The summed E-state index contributed by atoms with van der Waals surface area (Å²) in [5.74, 6) is 1.23. The molecule has 2 aromatic rings. The molecule has 1 heterocycles. The van der Waals surface area contributed by atoms with E-state index in [1.807, 2.05) is 0 Å². The highest BCUT2D eigenvalue weighted by Gasteiger charge is 2.53. The van der Waals surface area contributed by atoms with Gasteiger partial charge >= 0.3 is 5.69 Å². The van der Waals surface area contributed by atoms with Crippen LogP contribution in [0.4, 0.5) is 17.1 Å².